The predicted octanol–water partition coefficient (Wildman–Crippen LogP) is 1.25. The first-order valence-electron chi connectivity index (χ1n) is 8.51. The molecule has 25 heavy (non-hydrogen) atoms. The number of piperidine rings is 1. The first kappa shape index (κ1) is 19.3. The Balaban J connectivity index is 2.30. The number of benzene rings is 1. The van der Waals surface area contributed by atoms with Gasteiger partial charge in [-0.3, -0.25) is 9.59 Å². The average Bonchev–Trinajstić information content (AvgIpc) is 2.61. The number of nitrogens with one attached hydrogen (secondary N) is 1. The number of carbonyl (C=O) groups excluding carboxylic acids is 2. The molecule has 2 N–H and O–H groups in total. The van der Waals surface area contributed by atoms with Crippen LogP contribution in [0.5, 0.6) is 0 Å². The number of halogens is 1. The highest BCUT2D eigenvalue weighted by atomic mass is 19.1. The van der Waals surface area contributed by atoms with E-state index in [9.17, 15) is 14.0 Å². The Morgan fingerprint density at radius 3 is 2.88 bits per heavy atom. The van der Waals surface area contributed by atoms with E-state index in [1.54, 1.807) is 23.1 Å². The molecule has 1 fully saturated rings. The second-order valence-corrected chi connectivity index (χ2v) is 6.06. The van der Waals surface area contributed by atoms with E-state index >= 15 is 0 Å². The fourth-order valence-corrected chi connectivity index (χ4v) is 3.20. The summed E-state index contributed by atoms with van der Waals surface area (Å²) in [7, 11) is 1.53. The van der Waals surface area contributed by atoms with Crippen molar-refractivity contribution in [2.75, 3.05) is 33.4 Å². The van der Waals surface area contributed by atoms with E-state index in [0.717, 1.165) is 0 Å². The van der Waals surface area contributed by atoms with Crippen LogP contribution in [0.3, 0.4) is 0 Å². The number of hydrogen-bond donors (Lipinski definition) is 2. The number of hydrogen-bond acceptors (Lipinski definition) is 4. The first-order chi connectivity index (χ1) is 12.1. The lowest BCUT2D eigenvalue weighted by Crippen LogP contribution is -2.49. The van der Waals surface area contributed by atoms with Crippen molar-refractivity contribution in [3.05, 3.63) is 35.6 Å². The molecule has 1 aromatic rings. The Hall–Kier alpha value is -1.99. The van der Waals surface area contributed by atoms with E-state index in [1.165, 1.54) is 13.2 Å². The Morgan fingerprint density at radius 2 is 2.20 bits per heavy atom. The number of amides is 2. The van der Waals surface area contributed by atoms with Gasteiger partial charge in [0.25, 0.3) is 0 Å². The lowest BCUT2D eigenvalue weighted by atomic mass is 9.83. The Labute approximate surface area is 147 Å². The van der Waals surface area contributed by atoms with Crippen LogP contribution in [0.1, 0.15) is 30.9 Å². The minimum absolute atomic E-state index is 0.0138. The van der Waals surface area contributed by atoms with Crippen LogP contribution in [-0.2, 0) is 14.3 Å². The van der Waals surface area contributed by atoms with Gasteiger partial charge in [0.15, 0.2) is 0 Å². The minimum Gasteiger partial charge on any atom is -0.396 e. The SMILES string of the molecule is COCCN1C(=O)CC[C@@H](C(=O)NCCCO)[C@@H]1c1ccccc1F. The summed E-state index contributed by atoms with van der Waals surface area (Å²) in [5, 5.41) is 11.6. The molecule has 1 heterocycles. The van der Waals surface area contributed by atoms with Crippen molar-refractivity contribution in [2.24, 2.45) is 5.92 Å². The number of aliphatic hydroxyl groups excluding tert-OH is 1. The summed E-state index contributed by atoms with van der Waals surface area (Å²) in [6.45, 7) is 0.951. The third-order valence-corrected chi connectivity index (χ3v) is 4.44. The van der Waals surface area contributed by atoms with Crippen molar-refractivity contribution >= 4 is 11.8 Å². The van der Waals surface area contributed by atoms with Gasteiger partial charge in [0, 0.05) is 38.8 Å². The number of aliphatic hydroxyl groups is 1. The molecule has 2 amide bonds. The number of likely N-dealkylation sites (tertiary alicyclic amines) is 1. The van der Waals surface area contributed by atoms with Gasteiger partial charge in [-0.05, 0) is 18.9 Å². The molecule has 0 bridgehead atoms. The fourth-order valence-electron chi connectivity index (χ4n) is 3.20. The van der Waals surface area contributed by atoms with Crippen LogP contribution < -0.4 is 5.32 Å². The minimum atomic E-state index is -0.660. The third-order valence-electron chi connectivity index (χ3n) is 4.44. The first-order valence-corrected chi connectivity index (χ1v) is 8.51. The molecule has 1 aliphatic rings. The third kappa shape index (κ3) is 4.76. The molecule has 1 aliphatic heterocycles. The molecule has 1 saturated heterocycles. The smallest absolute Gasteiger partial charge is 0.225 e. The highest BCUT2D eigenvalue weighted by molar-refractivity contribution is 5.85. The Bertz CT molecular complexity index is 596. The standard InChI is InChI=1S/C18H25FN2O4/c1-25-12-10-21-16(23)8-7-14(18(24)20-9-4-11-22)17(21)13-5-2-3-6-15(13)19/h2-3,5-6,14,17,22H,4,7-12H2,1H3,(H,20,24)/t14-,17+/m1/s1. The zero-order valence-electron chi connectivity index (χ0n) is 14.4. The summed E-state index contributed by atoms with van der Waals surface area (Å²) < 4.78 is 19.5. The van der Waals surface area contributed by atoms with E-state index in [0.29, 0.717) is 38.1 Å². The monoisotopic (exact) mass is 352 g/mol. The largest absolute Gasteiger partial charge is 0.396 e. The summed E-state index contributed by atoms with van der Waals surface area (Å²) in [5.41, 5.74) is 0.342. The van der Waals surface area contributed by atoms with E-state index in [1.807, 2.05) is 0 Å². The maximum Gasteiger partial charge on any atom is 0.225 e. The number of ether oxygens (including phenoxy) is 1. The molecule has 2 rings (SSSR count). The van der Waals surface area contributed by atoms with Crippen LogP contribution in [0.25, 0.3) is 0 Å². The highest BCUT2D eigenvalue weighted by Gasteiger charge is 2.41. The summed E-state index contributed by atoms with van der Waals surface area (Å²) in [6, 6.07) is 5.58. The summed E-state index contributed by atoms with van der Waals surface area (Å²) >= 11 is 0. The van der Waals surface area contributed by atoms with Crippen LogP contribution in [0.4, 0.5) is 4.39 Å². The molecule has 1 aromatic carbocycles. The zero-order valence-corrected chi connectivity index (χ0v) is 14.4. The maximum atomic E-state index is 14.4. The van der Waals surface area contributed by atoms with Crippen molar-refractivity contribution in [1.82, 2.24) is 10.2 Å². The second kappa shape index (κ2) is 9.48. The normalized spacial score (nSPS) is 20.6. The molecule has 138 valence electrons. The molecule has 2 atom stereocenters. The molecule has 0 aromatic heterocycles. The highest BCUT2D eigenvalue weighted by Crippen LogP contribution is 2.37. The van der Waals surface area contributed by atoms with Gasteiger partial charge in [0.05, 0.1) is 18.6 Å². The molecule has 0 saturated carbocycles. The van der Waals surface area contributed by atoms with E-state index < -0.39 is 17.8 Å². The molecule has 6 nitrogen and oxygen atoms in total. The van der Waals surface area contributed by atoms with Crippen LogP contribution in [0.2, 0.25) is 0 Å². The summed E-state index contributed by atoms with van der Waals surface area (Å²) in [6.07, 6.45) is 1.06. The zero-order chi connectivity index (χ0) is 18.2. The fraction of sp³-hybridized carbons (Fsp3) is 0.556. The topological polar surface area (TPSA) is 78.9 Å². The number of methoxy groups -OCH3 is 1. The van der Waals surface area contributed by atoms with Crippen molar-refractivity contribution in [1.29, 1.82) is 0 Å². The maximum absolute atomic E-state index is 14.4. The van der Waals surface area contributed by atoms with Crippen LogP contribution in [0, 0.1) is 11.7 Å². The van der Waals surface area contributed by atoms with Crippen LogP contribution >= 0.6 is 0 Å². The van der Waals surface area contributed by atoms with Crippen LogP contribution in [-0.4, -0.2) is 55.2 Å². The van der Waals surface area contributed by atoms with E-state index in [4.69, 9.17) is 9.84 Å². The van der Waals surface area contributed by atoms with Gasteiger partial charge in [0.1, 0.15) is 5.82 Å². The molecule has 0 radical (unpaired) electrons. The van der Waals surface area contributed by atoms with Gasteiger partial charge < -0.3 is 20.1 Å². The van der Waals surface area contributed by atoms with Gasteiger partial charge in [-0.1, -0.05) is 18.2 Å². The van der Waals surface area contributed by atoms with E-state index in [2.05, 4.69) is 5.32 Å². The van der Waals surface area contributed by atoms with Crippen LogP contribution in [0.15, 0.2) is 24.3 Å². The summed E-state index contributed by atoms with van der Waals surface area (Å²) in [4.78, 5) is 26.6. The van der Waals surface area contributed by atoms with E-state index in [-0.39, 0.29) is 24.8 Å². The average molecular weight is 352 g/mol. The summed E-state index contributed by atoms with van der Waals surface area (Å²) in [5.74, 6) is -1.30. The van der Waals surface area contributed by atoms with Crippen molar-refractivity contribution in [3.63, 3.8) is 0 Å². The lowest BCUT2D eigenvalue weighted by Gasteiger charge is -2.40. The predicted molar refractivity (Wildman–Crippen MR) is 90.2 cm³/mol. The lowest BCUT2D eigenvalue weighted by molar-refractivity contribution is -0.144. The molecular formula is C18H25FN2O4. The van der Waals surface area contributed by atoms with Gasteiger partial charge in [-0.2, -0.15) is 0 Å². The van der Waals surface area contributed by atoms with Crippen molar-refractivity contribution in [2.45, 2.75) is 25.3 Å². The molecule has 0 spiro atoms. The quantitative estimate of drug-likeness (QED) is 0.690. The Morgan fingerprint density at radius 1 is 1.44 bits per heavy atom. The van der Waals surface area contributed by atoms with Gasteiger partial charge in [-0.15, -0.1) is 0 Å². The van der Waals surface area contributed by atoms with Crippen molar-refractivity contribution in [3.8, 4) is 0 Å². The van der Waals surface area contributed by atoms with Crippen molar-refractivity contribution < 1.29 is 23.8 Å². The second-order valence-electron chi connectivity index (χ2n) is 6.06. The number of nitrogens with zero attached hydrogens (tertiary/aromatic N) is 1. The Kier molecular flexibility index (Phi) is 7.33. The van der Waals surface area contributed by atoms with Gasteiger partial charge in [-0.25, -0.2) is 4.39 Å². The van der Waals surface area contributed by atoms with Gasteiger partial charge in [0.2, 0.25) is 11.8 Å². The molecule has 0 aliphatic carbocycles. The number of rotatable bonds is 8. The van der Waals surface area contributed by atoms with Gasteiger partial charge >= 0.3 is 0 Å². The number of carbonyl (C=O) groups is 2. The molecule has 7 heteroatoms. The molecular weight excluding hydrogens is 327 g/mol. The molecule has 0 unspecified atom stereocenters.